The summed E-state index contributed by atoms with van der Waals surface area (Å²) in [7, 11) is 0. The average molecular weight is 279 g/mol. The van der Waals surface area contributed by atoms with Crippen molar-refractivity contribution in [2.75, 3.05) is 11.4 Å². The summed E-state index contributed by atoms with van der Waals surface area (Å²) in [6.45, 7) is 4.50. The number of hydrogen-bond donors (Lipinski definition) is 1. The molecule has 1 aromatic heterocycles. The number of rotatable bonds is 6. The molecular weight excluding hydrogens is 254 g/mol. The highest BCUT2D eigenvalue weighted by Crippen LogP contribution is 2.31. The smallest absolute Gasteiger partial charge is 0.185 e. The van der Waals surface area contributed by atoms with E-state index in [4.69, 9.17) is 0 Å². The van der Waals surface area contributed by atoms with Gasteiger partial charge in [-0.25, -0.2) is 4.98 Å². The number of thiazole rings is 1. The monoisotopic (exact) mass is 279 g/mol. The predicted octanol–water partition coefficient (Wildman–Crippen LogP) is 3.55. The van der Waals surface area contributed by atoms with Gasteiger partial charge in [0.2, 0.25) is 0 Å². The maximum absolute atomic E-state index is 4.68. The lowest BCUT2D eigenvalue weighted by atomic mass is 9.99. The minimum absolute atomic E-state index is 0.731. The van der Waals surface area contributed by atoms with E-state index in [2.05, 4.69) is 28.3 Å². The molecule has 3 nitrogen and oxygen atoms in total. The van der Waals surface area contributed by atoms with Gasteiger partial charge in [-0.2, -0.15) is 0 Å². The van der Waals surface area contributed by atoms with E-state index in [-0.39, 0.29) is 0 Å². The molecule has 106 valence electrons. The fourth-order valence-corrected chi connectivity index (χ4v) is 3.89. The molecule has 2 heterocycles. The van der Waals surface area contributed by atoms with Crippen molar-refractivity contribution in [1.29, 1.82) is 0 Å². The van der Waals surface area contributed by atoms with Crippen molar-refractivity contribution in [2.45, 2.75) is 70.5 Å². The largest absolute Gasteiger partial charge is 0.345 e. The number of nitrogens with zero attached hydrogens (tertiary/aromatic N) is 2. The van der Waals surface area contributed by atoms with E-state index in [0.717, 1.165) is 18.6 Å². The van der Waals surface area contributed by atoms with E-state index in [1.165, 1.54) is 61.5 Å². The van der Waals surface area contributed by atoms with Crippen molar-refractivity contribution >= 4 is 16.5 Å². The zero-order valence-corrected chi connectivity index (χ0v) is 12.7. The average Bonchev–Trinajstić information content (AvgIpc) is 3.15. The van der Waals surface area contributed by atoms with Crippen LogP contribution in [0.3, 0.4) is 0 Å². The van der Waals surface area contributed by atoms with Gasteiger partial charge >= 0.3 is 0 Å². The number of anilines is 1. The molecule has 1 aromatic rings. The van der Waals surface area contributed by atoms with Gasteiger partial charge in [-0.3, -0.25) is 0 Å². The molecule has 1 saturated heterocycles. The first-order valence-corrected chi connectivity index (χ1v) is 8.63. The standard InChI is InChI=1S/C15H25N3S/c1-2-5-13-6-3-4-9-18(13)15-17-11-14(19-15)10-16-12-7-8-12/h11-13,16H,2-10H2,1H3. The zero-order chi connectivity index (χ0) is 13.1. The third-order valence-corrected chi connectivity index (χ3v) is 5.21. The number of aromatic nitrogens is 1. The van der Waals surface area contributed by atoms with Crippen LogP contribution in [0.2, 0.25) is 0 Å². The van der Waals surface area contributed by atoms with Crippen LogP contribution in [0.4, 0.5) is 5.13 Å². The second-order valence-corrected chi connectivity index (χ2v) is 6.99. The van der Waals surface area contributed by atoms with Crippen molar-refractivity contribution in [3.8, 4) is 0 Å². The molecule has 0 amide bonds. The normalized spacial score (nSPS) is 23.8. The van der Waals surface area contributed by atoms with E-state index in [1.807, 2.05) is 11.3 Å². The van der Waals surface area contributed by atoms with Crippen LogP contribution >= 0.6 is 11.3 Å². The lowest BCUT2D eigenvalue weighted by Crippen LogP contribution is -2.39. The minimum Gasteiger partial charge on any atom is -0.345 e. The maximum atomic E-state index is 4.68. The Kier molecular flexibility index (Phi) is 4.38. The molecule has 0 spiro atoms. The lowest BCUT2D eigenvalue weighted by Gasteiger charge is -2.35. The number of piperidine rings is 1. The second kappa shape index (κ2) is 6.23. The van der Waals surface area contributed by atoms with Gasteiger partial charge in [0.25, 0.3) is 0 Å². The molecule has 1 unspecified atom stereocenters. The molecule has 1 N–H and O–H groups in total. The summed E-state index contributed by atoms with van der Waals surface area (Å²) in [5.74, 6) is 0. The molecule has 4 heteroatoms. The zero-order valence-electron chi connectivity index (χ0n) is 11.9. The van der Waals surface area contributed by atoms with Crippen molar-refractivity contribution in [1.82, 2.24) is 10.3 Å². The van der Waals surface area contributed by atoms with Crippen LogP contribution in [0.25, 0.3) is 0 Å². The summed E-state index contributed by atoms with van der Waals surface area (Å²) < 4.78 is 0. The Morgan fingerprint density at radius 1 is 1.37 bits per heavy atom. The molecule has 0 bridgehead atoms. The van der Waals surface area contributed by atoms with E-state index in [1.54, 1.807) is 0 Å². The van der Waals surface area contributed by atoms with Crippen molar-refractivity contribution < 1.29 is 0 Å². The van der Waals surface area contributed by atoms with Gasteiger partial charge < -0.3 is 10.2 Å². The highest BCUT2D eigenvalue weighted by atomic mass is 32.1. The van der Waals surface area contributed by atoms with E-state index in [9.17, 15) is 0 Å². The van der Waals surface area contributed by atoms with Gasteiger partial charge in [0.05, 0.1) is 0 Å². The molecule has 2 aliphatic rings. The maximum Gasteiger partial charge on any atom is 0.185 e. The summed E-state index contributed by atoms with van der Waals surface area (Å²) in [6, 6.07) is 1.52. The SMILES string of the molecule is CCCC1CCCCN1c1ncc(CNC2CC2)s1. The van der Waals surface area contributed by atoms with Crippen molar-refractivity contribution in [3.63, 3.8) is 0 Å². The molecule has 1 aliphatic heterocycles. The van der Waals surface area contributed by atoms with Gasteiger partial charge in [0, 0.05) is 36.2 Å². The fourth-order valence-electron chi connectivity index (χ4n) is 2.93. The number of hydrogen-bond acceptors (Lipinski definition) is 4. The van der Waals surface area contributed by atoms with Gasteiger partial charge in [-0.05, 0) is 38.5 Å². The van der Waals surface area contributed by atoms with E-state index < -0.39 is 0 Å². The highest BCUT2D eigenvalue weighted by molar-refractivity contribution is 7.15. The van der Waals surface area contributed by atoms with Crippen molar-refractivity contribution in [3.05, 3.63) is 11.1 Å². The molecule has 1 atom stereocenters. The molecule has 0 aromatic carbocycles. The topological polar surface area (TPSA) is 28.2 Å². The Morgan fingerprint density at radius 2 is 2.26 bits per heavy atom. The summed E-state index contributed by atoms with van der Waals surface area (Å²) in [4.78, 5) is 8.63. The molecule has 3 rings (SSSR count). The van der Waals surface area contributed by atoms with Gasteiger partial charge in [0.1, 0.15) is 0 Å². The molecule has 19 heavy (non-hydrogen) atoms. The quantitative estimate of drug-likeness (QED) is 0.863. The Labute approximate surface area is 120 Å². The predicted molar refractivity (Wildman–Crippen MR) is 81.9 cm³/mol. The third kappa shape index (κ3) is 3.48. The molecule has 2 fully saturated rings. The molecule has 1 aliphatic carbocycles. The number of nitrogens with one attached hydrogen (secondary N) is 1. The summed E-state index contributed by atoms with van der Waals surface area (Å²) in [6.07, 6.45) is 11.5. The Hall–Kier alpha value is -0.610. The Morgan fingerprint density at radius 3 is 3.05 bits per heavy atom. The van der Waals surface area contributed by atoms with Gasteiger partial charge in [-0.15, -0.1) is 11.3 Å². The molecule has 1 saturated carbocycles. The summed E-state index contributed by atoms with van der Waals surface area (Å²) >= 11 is 1.89. The molecule has 0 radical (unpaired) electrons. The first-order valence-electron chi connectivity index (χ1n) is 7.81. The molecular formula is C15H25N3S. The first kappa shape index (κ1) is 13.4. The minimum atomic E-state index is 0.731. The van der Waals surface area contributed by atoms with Crippen LogP contribution in [-0.4, -0.2) is 23.6 Å². The van der Waals surface area contributed by atoms with Crippen LogP contribution in [0.15, 0.2) is 6.20 Å². The van der Waals surface area contributed by atoms with Crippen LogP contribution in [0, 0.1) is 0 Å². The highest BCUT2D eigenvalue weighted by Gasteiger charge is 2.24. The van der Waals surface area contributed by atoms with E-state index >= 15 is 0 Å². The van der Waals surface area contributed by atoms with Crippen LogP contribution in [0.5, 0.6) is 0 Å². The van der Waals surface area contributed by atoms with Crippen LogP contribution < -0.4 is 10.2 Å². The second-order valence-electron chi connectivity index (χ2n) is 5.90. The fraction of sp³-hybridized carbons (Fsp3) is 0.800. The lowest BCUT2D eigenvalue weighted by molar-refractivity contribution is 0.434. The summed E-state index contributed by atoms with van der Waals surface area (Å²) in [5.41, 5.74) is 0. The Bertz CT molecular complexity index is 398. The van der Waals surface area contributed by atoms with Gasteiger partial charge in [-0.1, -0.05) is 13.3 Å². The van der Waals surface area contributed by atoms with E-state index in [0.29, 0.717) is 0 Å². The van der Waals surface area contributed by atoms with Crippen molar-refractivity contribution in [2.24, 2.45) is 0 Å². The van der Waals surface area contributed by atoms with Crippen LogP contribution in [-0.2, 0) is 6.54 Å². The summed E-state index contributed by atoms with van der Waals surface area (Å²) in [5, 5.41) is 4.83. The first-order chi connectivity index (χ1) is 9.36. The van der Waals surface area contributed by atoms with Crippen LogP contribution in [0.1, 0.15) is 56.7 Å². The third-order valence-electron chi connectivity index (χ3n) is 4.18. The Balaban J connectivity index is 1.61. The van der Waals surface area contributed by atoms with Gasteiger partial charge in [0.15, 0.2) is 5.13 Å².